The predicted molar refractivity (Wildman–Crippen MR) is 189 cm³/mol. The Morgan fingerprint density at radius 3 is 1.87 bits per heavy atom. The molecule has 0 saturated carbocycles. The van der Waals surface area contributed by atoms with Crippen molar-refractivity contribution in [3.8, 4) is 5.75 Å². The van der Waals surface area contributed by atoms with E-state index in [-0.39, 0.29) is 5.41 Å². The van der Waals surface area contributed by atoms with Crippen LogP contribution in [0.4, 0.5) is 52.5 Å². The number of hydrogen-bond donors (Lipinski definition) is 0. The second kappa shape index (κ2) is 12.3. The highest BCUT2D eigenvalue weighted by atomic mass is 16.5. The van der Waals surface area contributed by atoms with Crippen molar-refractivity contribution in [3.63, 3.8) is 0 Å². The van der Waals surface area contributed by atoms with Gasteiger partial charge in [-0.05, 0) is 40.8 Å². The zero-order chi connectivity index (χ0) is 33.5. The summed E-state index contributed by atoms with van der Waals surface area (Å²) in [6.07, 6.45) is 1.53. The summed E-state index contributed by atoms with van der Waals surface area (Å²) in [7, 11) is 11.6. The van der Waals surface area contributed by atoms with E-state index in [1.165, 1.54) is 6.33 Å². The van der Waals surface area contributed by atoms with Gasteiger partial charge in [-0.15, -0.1) is 0 Å². The Labute approximate surface area is 276 Å². The molecule has 1 aliphatic heterocycles. The number of aromatic nitrogens is 6. The molecule has 8 bridgehead atoms. The molecule has 0 atom stereocenters. The number of nitrogens with zero attached hydrogens (tertiary/aromatic N) is 11. The minimum Gasteiger partial charge on any atom is -0.485 e. The van der Waals surface area contributed by atoms with Gasteiger partial charge >= 0.3 is 0 Å². The number of hydrogen-bond acceptors (Lipinski definition) is 12. The smallest absolute Gasteiger partial charge is 0.237 e. The Bertz CT molecular complexity index is 1890. The lowest BCUT2D eigenvalue weighted by atomic mass is 9.86. The van der Waals surface area contributed by atoms with Crippen LogP contribution in [0.3, 0.4) is 0 Å². The third kappa shape index (κ3) is 6.31. The minimum atomic E-state index is -0.182. The average molecular weight is 632 g/mol. The van der Waals surface area contributed by atoms with E-state index in [0.717, 1.165) is 34.1 Å². The molecule has 0 N–H and O–H groups in total. The largest absolute Gasteiger partial charge is 0.485 e. The first-order chi connectivity index (χ1) is 22.4. The molecule has 4 heterocycles. The standard InChI is InChI=1S/C35H41N11O/c1-35(2,3)24-18-25-31(47-21-23-14-11-10-12-15-23)26(19-24)44(7)33-39-32(42(4)5)40-34(41-33)46(9)30-20-29(36-22-37-30)45(8)28-17-13-16-27(38-28)43(25)6/h10-20,22H,21H2,1-9H3. The maximum Gasteiger partial charge on any atom is 0.237 e. The molecule has 0 fully saturated rings. The van der Waals surface area contributed by atoms with Crippen LogP contribution in [0.15, 0.2) is 73.1 Å². The van der Waals surface area contributed by atoms with Gasteiger partial charge in [0.25, 0.3) is 0 Å². The van der Waals surface area contributed by atoms with Gasteiger partial charge in [0, 0.05) is 48.4 Å². The fourth-order valence-electron chi connectivity index (χ4n) is 5.19. The van der Waals surface area contributed by atoms with Crippen molar-refractivity contribution < 1.29 is 4.74 Å². The fraction of sp³-hybridized carbons (Fsp3) is 0.314. The molecule has 5 aromatic rings. The molecule has 12 nitrogen and oxygen atoms in total. The lowest BCUT2D eigenvalue weighted by Gasteiger charge is -2.31. The molecule has 3 aromatic heterocycles. The Morgan fingerprint density at radius 2 is 1.23 bits per heavy atom. The van der Waals surface area contributed by atoms with E-state index in [4.69, 9.17) is 24.7 Å². The summed E-state index contributed by atoms with van der Waals surface area (Å²) in [5, 5.41) is 0. The van der Waals surface area contributed by atoms with Crippen LogP contribution in [-0.4, -0.2) is 72.2 Å². The highest BCUT2D eigenvalue weighted by molar-refractivity contribution is 5.81. The van der Waals surface area contributed by atoms with Gasteiger partial charge in [0.15, 0.2) is 5.75 Å². The monoisotopic (exact) mass is 631 g/mol. The van der Waals surface area contributed by atoms with Crippen LogP contribution in [0.5, 0.6) is 5.75 Å². The van der Waals surface area contributed by atoms with E-state index in [1.54, 1.807) is 0 Å². The van der Waals surface area contributed by atoms with Gasteiger partial charge < -0.3 is 24.3 Å². The van der Waals surface area contributed by atoms with Crippen LogP contribution in [0.1, 0.15) is 31.9 Å². The molecule has 0 saturated heterocycles. The fourth-order valence-corrected chi connectivity index (χ4v) is 5.19. The highest BCUT2D eigenvalue weighted by Gasteiger charge is 2.27. The number of benzene rings is 2. The van der Waals surface area contributed by atoms with E-state index in [9.17, 15) is 0 Å². The number of anilines is 9. The molecular formula is C35H41N11O. The molecular weight excluding hydrogens is 590 g/mol. The van der Waals surface area contributed by atoms with Gasteiger partial charge in [0.2, 0.25) is 17.8 Å². The second-order valence-electron chi connectivity index (χ2n) is 12.8. The summed E-state index contributed by atoms with van der Waals surface area (Å²) < 4.78 is 6.77. The first kappa shape index (κ1) is 31.5. The molecule has 1 aliphatic rings. The number of rotatable bonds is 4. The third-order valence-electron chi connectivity index (χ3n) is 8.20. The SMILES string of the molecule is CN(C)c1nc2nc(n1)N(C)c1cc(C(C)(C)C)cc(c1OCc1ccccc1)N(C)c1cccc(n1)N(C)c1cc(ncn1)N2C. The zero-order valence-electron chi connectivity index (χ0n) is 28.5. The summed E-state index contributed by atoms with van der Waals surface area (Å²) in [6, 6.07) is 22.4. The second-order valence-corrected chi connectivity index (χ2v) is 12.8. The topological polar surface area (TPSA) is 103 Å². The maximum atomic E-state index is 6.77. The Morgan fingerprint density at radius 1 is 0.638 bits per heavy atom. The quantitative estimate of drug-likeness (QED) is 0.220. The normalized spacial score (nSPS) is 13.1. The van der Waals surface area contributed by atoms with Crippen LogP contribution >= 0.6 is 0 Å². The Balaban J connectivity index is 1.65. The average Bonchev–Trinajstić information content (AvgIpc) is 3.08. The zero-order valence-corrected chi connectivity index (χ0v) is 28.5. The van der Waals surface area contributed by atoms with E-state index in [1.807, 2.05) is 104 Å². The first-order valence-corrected chi connectivity index (χ1v) is 15.4. The van der Waals surface area contributed by atoms with Crippen LogP contribution in [0, 0.1) is 0 Å². The van der Waals surface area contributed by atoms with Gasteiger partial charge in [0.1, 0.15) is 36.2 Å². The molecule has 6 rings (SSSR count). The van der Waals surface area contributed by atoms with Gasteiger partial charge in [-0.1, -0.05) is 57.2 Å². The van der Waals surface area contributed by atoms with Crippen molar-refractivity contribution in [3.05, 3.63) is 84.2 Å². The molecule has 0 unspecified atom stereocenters. The van der Waals surface area contributed by atoms with E-state index >= 15 is 0 Å². The van der Waals surface area contributed by atoms with Gasteiger partial charge in [0.05, 0.1) is 11.4 Å². The van der Waals surface area contributed by atoms with Crippen LogP contribution in [-0.2, 0) is 12.0 Å². The number of pyridine rings is 1. The maximum absolute atomic E-state index is 6.77. The van der Waals surface area contributed by atoms with Crippen LogP contribution in [0.2, 0.25) is 0 Å². The van der Waals surface area contributed by atoms with E-state index < -0.39 is 0 Å². The van der Waals surface area contributed by atoms with Crippen LogP contribution < -0.4 is 29.2 Å². The molecule has 0 radical (unpaired) electrons. The van der Waals surface area contributed by atoms with Crippen molar-refractivity contribution in [2.24, 2.45) is 0 Å². The first-order valence-electron chi connectivity index (χ1n) is 15.4. The summed E-state index contributed by atoms with van der Waals surface area (Å²) in [4.78, 5) is 38.5. The molecule has 0 spiro atoms. The van der Waals surface area contributed by atoms with E-state index in [2.05, 4.69) is 59.9 Å². The van der Waals surface area contributed by atoms with Crippen molar-refractivity contribution in [1.82, 2.24) is 29.9 Å². The molecule has 47 heavy (non-hydrogen) atoms. The number of ether oxygens (including phenoxy) is 1. The summed E-state index contributed by atoms with van der Waals surface area (Å²) in [5.41, 5.74) is 3.66. The predicted octanol–water partition coefficient (Wildman–Crippen LogP) is 6.38. The lowest BCUT2D eigenvalue weighted by Crippen LogP contribution is -2.25. The Hall–Kier alpha value is -5.52. The molecule has 242 valence electrons. The summed E-state index contributed by atoms with van der Waals surface area (Å²) in [6.45, 7) is 6.98. The van der Waals surface area contributed by atoms with Crippen molar-refractivity contribution in [2.75, 3.05) is 66.8 Å². The van der Waals surface area contributed by atoms with Gasteiger partial charge in [-0.3, -0.25) is 4.90 Å². The van der Waals surface area contributed by atoms with Crippen molar-refractivity contribution in [2.45, 2.75) is 32.8 Å². The minimum absolute atomic E-state index is 0.182. The summed E-state index contributed by atoms with van der Waals surface area (Å²) >= 11 is 0. The highest BCUT2D eigenvalue weighted by Crippen LogP contribution is 2.46. The molecule has 0 aliphatic carbocycles. The van der Waals surface area contributed by atoms with Crippen molar-refractivity contribution >= 4 is 52.5 Å². The lowest BCUT2D eigenvalue weighted by molar-refractivity contribution is 0.308. The number of fused-ring (bicyclic) bond motifs is 8. The molecule has 2 aromatic carbocycles. The van der Waals surface area contributed by atoms with Crippen LogP contribution in [0.25, 0.3) is 0 Å². The van der Waals surface area contributed by atoms with Gasteiger partial charge in [-0.25, -0.2) is 15.0 Å². The van der Waals surface area contributed by atoms with Gasteiger partial charge in [-0.2, -0.15) is 15.0 Å². The molecule has 12 heteroatoms. The summed E-state index contributed by atoms with van der Waals surface area (Å²) in [5.74, 6) is 4.83. The van der Waals surface area contributed by atoms with E-state index in [0.29, 0.717) is 41.8 Å². The molecule has 0 amide bonds. The Kier molecular flexibility index (Phi) is 8.27. The third-order valence-corrected chi connectivity index (χ3v) is 8.20. The van der Waals surface area contributed by atoms with Crippen molar-refractivity contribution in [1.29, 1.82) is 0 Å².